The van der Waals surface area contributed by atoms with Gasteiger partial charge in [-0.25, -0.2) is 0 Å². The maximum Gasteiger partial charge on any atom is 0.311 e. The number of H-pyrrole nitrogens is 1. The summed E-state index contributed by atoms with van der Waals surface area (Å²) in [5.41, 5.74) is 3.55. The van der Waals surface area contributed by atoms with Gasteiger partial charge in [-0.2, -0.15) is 0 Å². The summed E-state index contributed by atoms with van der Waals surface area (Å²) >= 11 is 5.52. The third kappa shape index (κ3) is 3.31. The van der Waals surface area contributed by atoms with Gasteiger partial charge in [0.25, 0.3) is 0 Å². The lowest BCUT2D eigenvalue weighted by Gasteiger charge is -2.10. The molecule has 0 bridgehead atoms. The van der Waals surface area contributed by atoms with Crippen molar-refractivity contribution in [1.82, 2.24) is 9.55 Å². The fourth-order valence-electron chi connectivity index (χ4n) is 2.68. The number of esters is 1. The second-order valence-electron chi connectivity index (χ2n) is 5.27. The monoisotopic (exact) mass is 338 g/mol. The van der Waals surface area contributed by atoms with Crippen LogP contribution in [0.4, 0.5) is 0 Å². The zero-order valence-electron chi connectivity index (χ0n) is 13.4. The Bertz CT molecular complexity index is 883. The standard InChI is InChI=1S/C19H18N2O2S/c1-2-23-17(22)13-16-18(14-9-5-3-6-10-14)20-19(24)21(16)15-11-7-4-8-12-15/h3-12H,2,13H2,1H3,(H,20,24). The van der Waals surface area contributed by atoms with Crippen LogP contribution in [0.15, 0.2) is 60.7 Å². The van der Waals surface area contributed by atoms with E-state index in [4.69, 9.17) is 17.0 Å². The van der Waals surface area contributed by atoms with E-state index >= 15 is 0 Å². The number of nitrogens with one attached hydrogen (secondary N) is 1. The highest BCUT2D eigenvalue weighted by Crippen LogP contribution is 2.26. The van der Waals surface area contributed by atoms with E-state index in [1.807, 2.05) is 65.2 Å². The Hall–Kier alpha value is -2.66. The van der Waals surface area contributed by atoms with Gasteiger partial charge >= 0.3 is 5.97 Å². The number of benzene rings is 2. The molecule has 0 aliphatic heterocycles. The van der Waals surface area contributed by atoms with Crippen LogP contribution in [0.25, 0.3) is 16.9 Å². The normalized spacial score (nSPS) is 10.5. The van der Waals surface area contributed by atoms with E-state index in [-0.39, 0.29) is 12.4 Å². The Labute approximate surface area is 145 Å². The zero-order chi connectivity index (χ0) is 16.9. The third-order valence-corrected chi connectivity index (χ3v) is 3.97. The SMILES string of the molecule is CCOC(=O)Cc1c(-c2ccccc2)[nH]c(=S)n1-c1ccccc1. The van der Waals surface area contributed by atoms with E-state index in [9.17, 15) is 4.79 Å². The molecule has 1 aromatic heterocycles. The molecule has 0 radical (unpaired) electrons. The molecule has 0 amide bonds. The summed E-state index contributed by atoms with van der Waals surface area (Å²) in [7, 11) is 0. The lowest BCUT2D eigenvalue weighted by Crippen LogP contribution is -2.12. The van der Waals surface area contributed by atoms with E-state index in [2.05, 4.69) is 4.98 Å². The van der Waals surface area contributed by atoms with Gasteiger partial charge in [0, 0.05) is 5.69 Å². The third-order valence-electron chi connectivity index (χ3n) is 3.69. The number of nitrogens with zero attached hydrogens (tertiary/aromatic N) is 1. The molecular formula is C19H18N2O2S. The number of hydrogen-bond acceptors (Lipinski definition) is 3. The first-order valence-electron chi connectivity index (χ1n) is 7.81. The number of hydrogen-bond donors (Lipinski definition) is 1. The molecule has 0 saturated carbocycles. The fraction of sp³-hybridized carbons (Fsp3) is 0.158. The molecule has 0 fully saturated rings. The molecule has 1 N–H and O–H groups in total. The minimum atomic E-state index is -0.270. The number of ether oxygens (including phenoxy) is 1. The zero-order valence-corrected chi connectivity index (χ0v) is 14.2. The van der Waals surface area contributed by atoms with Crippen LogP contribution in [0, 0.1) is 4.77 Å². The van der Waals surface area contributed by atoms with Crippen molar-refractivity contribution >= 4 is 18.2 Å². The van der Waals surface area contributed by atoms with Crippen LogP contribution in [-0.4, -0.2) is 22.1 Å². The van der Waals surface area contributed by atoms with Crippen LogP contribution in [0.5, 0.6) is 0 Å². The minimum Gasteiger partial charge on any atom is -0.466 e. The van der Waals surface area contributed by atoms with Crippen LogP contribution >= 0.6 is 12.2 Å². The number of carbonyl (C=O) groups is 1. The molecule has 122 valence electrons. The van der Waals surface area contributed by atoms with Gasteiger partial charge in [0.2, 0.25) is 0 Å². The van der Waals surface area contributed by atoms with Gasteiger partial charge in [0.1, 0.15) is 0 Å². The first-order chi connectivity index (χ1) is 11.7. The number of imidazole rings is 1. The molecule has 5 heteroatoms. The van der Waals surface area contributed by atoms with Crippen molar-refractivity contribution < 1.29 is 9.53 Å². The molecule has 3 aromatic rings. The number of rotatable bonds is 5. The number of aromatic amines is 1. The number of aromatic nitrogens is 2. The van der Waals surface area contributed by atoms with E-state index in [1.54, 1.807) is 6.92 Å². The molecule has 2 aromatic carbocycles. The fourth-order valence-corrected chi connectivity index (χ4v) is 3.00. The van der Waals surface area contributed by atoms with Gasteiger partial charge in [0.15, 0.2) is 4.77 Å². The average Bonchev–Trinajstić information content (AvgIpc) is 2.93. The second kappa shape index (κ2) is 7.27. The maximum atomic E-state index is 12.1. The van der Waals surface area contributed by atoms with Crippen LogP contribution in [-0.2, 0) is 16.0 Å². The van der Waals surface area contributed by atoms with E-state index in [1.165, 1.54) is 0 Å². The average molecular weight is 338 g/mol. The molecule has 4 nitrogen and oxygen atoms in total. The molecule has 0 aliphatic carbocycles. The molecule has 0 atom stereocenters. The van der Waals surface area contributed by atoms with Crippen LogP contribution in [0.3, 0.4) is 0 Å². The van der Waals surface area contributed by atoms with Crippen LogP contribution < -0.4 is 0 Å². The second-order valence-corrected chi connectivity index (χ2v) is 5.66. The van der Waals surface area contributed by atoms with Crippen molar-refractivity contribution in [3.8, 4) is 16.9 Å². The Morgan fingerprint density at radius 2 is 1.71 bits per heavy atom. The predicted molar refractivity (Wildman–Crippen MR) is 96.7 cm³/mol. The highest BCUT2D eigenvalue weighted by molar-refractivity contribution is 7.71. The summed E-state index contributed by atoms with van der Waals surface area (Å²) in [4.78, 5) is 15.4. The quantitative estimate of drug-likeness (QED) is 0.557. The smallest absolute Gasteiger partial charge is 0.311 e. The largest absolute Gasteiger partial charge is 0.466 e. The molecular weight excluding hydrogens is 320 g/mol. The Morgan fingerprint density at radius 3 is 2.33 bits per heavy atom. The highest BCUT2D eigenvalue weighted by atomic mass is 32.1. The molecule has 3 rings (SSSR count). The minimum absolute atomic E-state index is 0.153. The van der Waals surface area contributed by atoms with Crippen molar-refractivity contribution in [1.29, 1.82) is 0 Å². The Kier molecular flexibility index (Phi) is 4.91. The van der Waals surface area contributed by atoms with Crippen LogP contribution in [0.2, 0.25) is 0 Å². The van der Waals surface area contributed by atoms with E-state index < -0.39 is 0 Å². The van der Waals surface area contributed by atoms with Gasteiger partial charge < -0.3 is 9.72 Å². The van der Waals surface area contributed by atoms with Gasteiger partial charge in [-0.05, 0) is 36.8 Å². The van der Waals surface area contributed by atoms with Gasteiger partial charge in [-0.1, -0.05) is 48.5 Å². The van der Waals surface area contributed by atoms with Gasteiger partial charge in [0.05, 0.1) is 24.4 Å². The highest BCUT2D eigenvalue weighted by Gasteiger charge is 2.18. The lowest BCUT2D eigenvalue weighted by atomic mass is 10.1. The van der Waals surface area contributed by atoms with Gasteiger partial charge in [-0.15, -0.1) is 0 Å². The lowest BCUT2D eigenvalue weighted by molar-refractivity contribution is -0.142. The molecule has 0 saturated heterocycles. The summed E-state index contributed by atoms with van der Waals surface area (Å²) < 4.78 is 7.59. The molecule has 1 heterocycles. The van der Waals surface area contributed by atoms with Crippen molar-refractivity contribution in [3.05, 3.63) is 71.1 Å². The molecule has 0 aliphatic rings. The first-order valence-corrected chi connectivity index (χ1v) is 8.22. The topological polar surface area (TPSA) is 47.0 Å². The predicted octanol–water partition coefficient (Wildman–Crippen LogP) is 4.31. The summed E-state index contributed by atoms with van der Waals surface area (Å²) in [5, 5.41) is 0. The molecule has 0 spiro atoms. The number of para-hydroxylation sites is 1. The maximum absolute atomic E-state index is 12.1. The van der Waals surface area contributed by atoms with Crippen LogP contribution in [0.1, 0.15) is 12.6 Å². The van der Waals surface area contributed by atoms with E-state index in [0.29, 0.717) is 11.4 Å². The van der Waals surface area contributed by atoms with E-state index in [0.717, 1.165) is 22.6 Å². The van der Waals surface area contributed by atoms with Crippen molar-refractivity contribution in [3.63, 3.8) is 0 Å². The summed E-state index contributed by atoms with van der Waals surface area (Å²) in [6, 6.07) is 19.6. The Morgan fingerprint density at radius 1 is 1.08 bits per heavy atom. The van der Waals surface area contributed by atoms with Crippen molar-refractivity contribution in [2.45, 2.75) is 13.3 Å². The van der Waals surface area contributed by atoms with Crippen molar-refractivity contribution in [2.24, 2.45) is 0 Å². The molecule has 0 unspecified atom stereocenters. The van der Waals surface area contributed by atoms with Gasteiger partial charge in [-0.3, -0.25) is 9.36 Å². The summed E-state index contributed by atoms with van der Waals surface area (Å²) in [6.45, 7) is 2.16. The first kappa shape index (κ1) is 16.2. The summed E-state index contributed by atoms with van der Waals surface area (Å²) in [5.74, 6) is -0.270. The molecule has 24 heavy (non-hydrogen) atoms. The summed E-state index contributed by atoms with van der Waals surface area (Å²) in [6.07, 6.45) is 0.153. The van der Waals surface area contributed by atoms with Crippen molar-refractivity contribution in [2.75, 3.05) is 6.61 Å². The number of carbonyl (C=O) groups excluding carboxylic acids is 1. The Balaban J connectivity index is 2.17.